The summed E-state index contributed by atoms with van der Waals surface area (Å²) in [6.07, 6.45) is 1.33. The maximum absolute atomic E-state index is 11.3. The lowest BCUT2D eigenvalue weighted by Gasteiger charge is -2.02. The molecule has 0 spiro atoms. The van der Waals surface area contributed by atoms with E-state index in [0.717, 1.165) is 0 Å². The van der Waals surface area contributed by atoms with E-state index in [2.05, 4.69) is 10.3 Å². The summed E-state index contributed by atoms with van der Waals surface area (Å²) in [5, 5.41) is 10.9. The van der Waals surface area contributed by atoms with Crippen LogP contribution in [0.5, 0.6) is 0 Å². The summed E-state index contributed by atoms with van der Waals surface area (Å²) in [7, 11) is 0. The predicted molar refractivity (Wildman–Crippen MR) is 52.2 cm³/mol. The number of hydrogen-bond donors (Lipinski definition) is 3. The zero-order valence-corrected chi connectivity index (χ0v) is 7.93. The molecule has 1 aromatic rings. The maximum atomic E-state index is 11.3. The molecule has 0 saturated heterocycles. The quantitative estimate of drug-likeness (QED) is 0.585. The summed E-state index contributed by atoms with van der Waals surface area (Å²) in [5.41, 5.74) is 5.36. The normalized spacial score (nSPS) is 9.67. The van der Waals surface area contributed by atoms with Crippen LogP contribution in [0, 0.1) is 0 Å². The van der Waals surface area contributed by atoms with Gasteiger partial charge in [-0.2, -0.15) is 0 Å². The zero-order chi connectivity index (χ0) is 11.3. The van der Waals surface area contributed by atoms with Crippen LogP contribution in [0.3, 0.4) is 0 Å². The molecule has 0 unspecified atom stereocenters. The highest BCUT2D eigenvalue weighted by Gasteiger charge is 2.08. The fourth-order valence-electron chi connectivity index (χ4n) is 0.968. The van der Waals surface area contributed by atoms with E-state index in [1.807, 2.05) is 0 Å². The number of pyridine rings is 1. The van der Waals surface area contributed by atoms with Gasteiger partial charge in [-0.1, -0.05) is 0 Å². The van der Waals surface area contributed by atoms with Crippen LogP contribution in [0.2, 0.25) is 0 Å². The highest BCUT2D eigenvalue weighted by atomic mass is 16.3. The number of rotatable bonds is 4. The van der Waals surface area contributed by atoms with Crippen molar-refractivity contribution in [1.29, 1.82) is 0 Å². The molecule has 2 amide bonds. The minimum absolute atomic E-state index is 0.0970. The number of amides is 2. The van der Waals surface area contributed by atoms with Gasteiger partial charge in [0.15, 0.2) is 0 Å². The first kappa shape index (κ1) is 11.1. The largest absolute Gasteiger partial charge is 0.395 e. The van der Waals surface area contributed by atoms with Crippen molar-refractivity contribution in [3.05, 3.63) is 29.6 Å². The Kier molecular flexibility index (Phi) is 3.75. The molecule has 0 saturated carbocycles. The lowest BCUT2D eigenvalue weighted by Crippen LogP contribution is -2.27. The van der Waals surface area contributed by atoms with Crippen molar-refractivity contribution in [2.24, 2.45) is 5.73 Å². The van der Waals surface area contributed by atoms with Gasteiger partial charge in [0.05, 0.1) is 6.61 Å². The number of aliphatic hydroxyl groups excluding tert-OH is 1. The van der Waals surface area contributed by atoms with E-state index in [-0.39, 0.29) is 24.4 Å². The van der Waals surface area contributed by atoms with Crippen molar-refractivity contribution in [3.63, 3.8) is 0 Å². The van der Waals surface area contributed by atoms with Gasteiger partial charge in [-0.15, -0.1) is 0 Å². The fraction of sp³-hybridized carbons (Fsp3) is 0.222. The molecule has 6 heteroatoms. The lowest BCUT2D eigenvalue weighted by atomic mass is 10.2. The number of aromatic nitrogens is 1. The Hall–Kier alpha value is -1.95. The number of aliphatic hydroxyl groups is 1. The predicted octanol–water partition coefficient (Wildman–Crippen LogP) is -1.10. The van der Waals surface area contributed by atoms with Gasteiger partial charge < -0.3 is 16.2 Å². The van der Waals surface area contributed by atoms with E-state index in [9.17, 15) is 9.59 Å². The molecular formula is C9H11N3O3. The van der Waals surface area contributed by atoms with Gasteiger partial charge in [-0.05, 0) is 12.1 Å². The van der Waals surface area contributed by atoms with Crippen molar-refractivity contribution >= 4 is 11.8 Å². The molecule has 0 aliphatic rings. The number of nitrogens with zero attached hydrogens (tertiary/aromatic N) is 1. The average Bonchev–Trinajstić information content (AvgIpc) is 2.26. The molecule has 1 heterocycles. The summed E-state index contributed by atoms with van der Waals surface area (Å²) < 4.78 is 0. The third-order valence-electron chi connectivity index (χ3n) is 1.67. The van der Waals surface area contributed by atoms with Crippen LogP contribution in [0.4, 0.5) is 0 Å². The van der Waals surface area contributed by atoms with Gasteiger partial charge in [-0.25, -0.2) is 0 Å². The molecule has 0 bridgehead atoms. The number of carbonyl (C=O) groups excluding carboxylic acids is 2. The fourth-order valence-corrected chi connectivity index (χ4v) is 0.968. The molecule has 0 aliphatic carbocycles. The SMILES string of the molecule is NC(=O)c1ccnc(C(=O)NCCO)c1. The number of nitrogens with two attached hydrogens (primary N) is 1. The van der Waals surface area contributed by atoms with Crippen molar-refractivity contribution in [2.45, 2.75) is 0 Å². The zero-order valence-electron chi connectivity index (χ0n) is 7.93. The third kappa shape index (κ3) is 3.03. The monoisotopic (exact) mass is 209 g/mol. The van der Waals surface area contributed by atoms with Gasteiger partial charge in [-0.3, -0.25) is 14.6 Å². The summed E-state index contributed by atoms with van der Waals surface area (Å²) >= 11 is 0. The van der Waals surface area contributed by atoms with Crippen LogP contribution in [0.1, 0.15) is 20.8 Å². The Bertz CT molecular complexity index is 379. The van der Waals surface area contributed by atoms with E-state index in [0.29, 0.717) is 0 Å². The topological polar surface area (TPSA) is 105 Å². The van der Waals surface area contributed by atoms with Gasteiger partial charge >= 0.3 is 0 Å². The number of primary amides is 1. The number of carbonyl (C=O) groups is 2. The van der Waals surface area contributed by atoms with Crippen LogP contribution in [-0.4, -0.2) is 35.1 Å². The molecule has 0 fully saturated rings. The second-order valence-electron chi connectivity index (χ2n) is 2.77. The highest BCUT2D eigenvalue weighted by molar-refractivity contribution is 5.97. The van der Waals surface area contributed by atoms with Crippen molar-refractivity contribution in [2.75, 3.05) is 13.2 Å². The summed E-state index contributed by atoms with van der Waals surface area (Å²) in [5.74, 6) is -1.07. The van der Waals surface area contributed by atoms with Gasteiger partial charge in [0.2, 0.25) is 5.91 Å². The number of hydrogen-bond acceptors (Lipinski definition) is 4. The Morgan fingerprint density at radius 2 is 2.27 bits per heavy atom. The van der Waals surface area contributed by atoms with Gasteiger partial charge in [0, 0.05) is 18.3 Å². The van der Waals surface area contributed by atoms with Crippen LogP contribution < -0.4 is 11.1 Å². The third-order valence-corrected chi connectivity index (χ3v) is 1.67. The average molecular weight is 209 g/mol. The molecule has 0 radical (unpaired) electrons. The molecule has 1 aromatic heterocycles. The minimum Gasteiger partial charge on any atom is -0.395 e. The first-order valence-electron chi connectivity index (χ1n) is 4.30. The van der Waals surface area contributed by atoms with Crippen molar-refractivity contribution in [1.82, 2.24) is 10.3 Å². The molecule has 4 N–H and O–H groups in total. The van der Waals surface area contributed by atoms with Crippen LogP contribution in [0.25, 0.3) is 0 Å². The molecule has 6 nitrogen and oxygen atoms in total. The first-order valence-corrected chi connectivity index (χ1v) is 4.30. The van der Waals surface area contributed by atoms with Gasteiger partial charge in [0.1, 0.15) is 5.69 Å². The van der Waals surface area contributed by atoms with Gasteiger partial charge in [0.25, 0.3) is 5.91 Å². The molecule has 80 valence electrons. The van der Waals surface area contributed by atoms with E-state index < -0.39 is 11.8 Å². The standard InChI is InChI=1S/C9H11N3O3/c10-8(14)6-1-2-11-7(5-6)9(15)12-3-4-13/h1-2,5,13H,3-4H2,(H2,10,14)(H,12,15). The summed E-state index contributed by atoms with van der Waals surface area (Å²) in [6, 6.07) is 2.72. The molecule has 0 aromatic carbocycles. The van der Waals surface area contributed by atoms with E-state index in [1.54, 1.807) is 0 Å². The first-order chi connectivity index (χ1) is 7.15. The Morgan fingerprint density at radius 3 is 2.87 bits per heavy atom. The van der Waals surface area contributed by atoms with E-state index in [1.165, 1.54) is 18.3 Å². The van der Waals surface area contributed by atoms with Crippen LogP contribution in [-0.2, 0) is 0 Å². The van der Waals surface area contributed by atoms with Crippen molar-refractivity contribution in [3.8, 4) is 0 Å². The second-order valence-corrected chi connectivity index (χ2v) is 2.77. The molecular weight excluding hydrogens is 198 g/mol. The Morgan fingerprint density at radius 1 is 1.53 bits per heavy atom. The molecule has 1 rings (SSSR count). The molecule has 0 aliphatic heterocycles. The summed E-state index contributed by atoms with van der Waals surface area (Å²) in [4.78, 5) is 25.9. The molecule has 15 heavy (non-hydrogen) atoms. The smallest absolute Gasteiger partial charge is 0.269 e. The van der Waals surface area contributed by atoms with E-state index in [4.69, 9.17) is 10.8 Å². The number of nitrogens with one attached hydrogen (secondary N) is 1. The van der Waals surface area contributed by atoms with Crippen LogP contribution in [0.15, 0.2) is 18.3 Å². The Balaban J connectivity index is 2.81. The van der Waals surface area contributed by atoms with Crippen molar-refractivity contribution < 1.29 is 14.7 Å². The second kappa shape index (κ2) is 5.06. The summed E-state index contributed by atoms with van der Waals surface area (Å²) in [6.45, 7) is -0.0113. The van der Waals surface area contributed by atoms with E-state index >= 15 is 0 Å². The molecule has 0 atom stereocenters. The lowest BCUT2D eigenvalue weighted by molar-refractivity contribution is 0.0940. The highest BCUT2D eigenvalue weighted by Crippen LogP contribution is 2.00. The van der Waals surface area contributed by atoms with Crippen LogP contribution >= 0.6 is 0 Å². The minimum atomic E-state index is -0.617. The maximum Gasteiger partial charge on any atom is 0.269 e. The Labute approximate surface area is 86.1 Å².